The Labute approximate surface area is 222 Å². The average Bonchev–Trinajstić information content (AvgIpc) is 2.81. The van der Waals surface area contributed by atoms with Crippen molar-refractivity contribution in [3.8, 4) is 11.4 Å². The Balaban J connectivity index is 1.71. The maximum Gasteiger partial charge on any atom is 0.311 e. The molecule has 1 unspecified atom stereocenters. The van der Waals surface area contributed by atoms with Crippen LogP contribution in [0.5, 0.6) is 0 Å². The van der Waals surface area contributed by atoms with Gasteiger partial charge in [-0.15, -0.1) is 0 Å². The highest BCUT2D eigenvalue weighted by atomic mass is 79.9. The molecule has 0 spiro atoms. The molecule has 190 valence electrons. The van der Waals surface area contributed by atoms with E-state index < -0.39 is 11.5 Å². The molecule has 0 aliphatic rings. The van der Waals surface area contributed by atoms with Gasteiger partial charge in [0.05, 0.1) is 10.4 Å². The Morgan fingerprint density at radius 3 is 2.03 bits per heavy atom. The smallest absolute Gasteiger partial charge is 0.311 e. The zero-order valence-electron chi connectivity index (χ0n) is 21.8. The Morgan fingerprint density at radius 2 is 1.50 bits per heavy atom. The second-order valence-electron chi connectivity index (χ2n) is 10.9. The minimum absolute atomic E-state index is 0.00977. The summed E-state index contributed by atoms with van der Waals surface area (Å²) in [6.45, 7) is 12.1. The lowest BCUT2D eigenvalue weighted by Gasteiger charge is -2.24. The molecule has 1 atom stereocenters. The average molecular weight is 553 g/mol. The quantitative estimate of drug-likeness (QED) is 0.357. The molecule has 3 rings (SSSR count). The number of carbonyl (C=O) groups excluding carboxylic acids is 2. The van der Waals surface area contributed by atoms with Crippen LogP contribution in [-0.2, 0) is 21.4 Å². The van der Waals surface area contributed by atoms with Crippen LogP contribution in [0.1, 0.15) is 63.0 Å². The Hall–Kier alpha value is -3.06. The molecule has 1 heterocycles. The van der Waals surface area contributed by atoms with E-state index in [0.717, 1.165) is 21.2 Å². The fourth-order valence-corrected chi connectivity index (χ4v) is 3.80. The van der Waals surface area contributed by atoms with Crippen LogP contribution in [0.25, 0.3) is 11.4 Å². The van der Waals surface area contributed by atoms with Gasteiger partial charge in [0, 0.05) is 30.1 Å². The molecular formula is C29H34BrN3O3. The van der Waals surface area contributed by atoms with Gasteiger partial charge in [-0.1, -0.05) is 57.2 Å². The Kier molecular flexibility index (Phi) is 8.67. The van der Waals surface area contributed by atoms with E-state index in [1.807, 2.05) is 69.3 Å². The van der Waals surface area contributed by atoms with E-state index >= 15 is 0 Å². The lowest BCUT2D eigenvalue weighted by Crippen LogP contribution is -2.37. The van der Waals surface area contributed by atoms with Crippen LogP contribution in [0.15, 0.2) is 65.4 Å². The number of aromatic nitrogens is 2. The molecule has 0 saturated heterocycles. The summed E-state index contributed by atoms with van der Waals surface area (Å²) in [6, 6.07) is 15.3. The Morgan fingerprint density at radius 1 is 0.917 bits per heavy atom. The number of esters is 1. The van der Waals surface area contributed by atoms with Gasteiger partial charge in [0.2, 0.25) is 0 Å². The number of rotatable bonds is 7. The van der Waals surface area contributed by atoms with Crippen molar-refractivity contribution in [3.05, 3.63) is 82.1 Å². The molecule has 7 heteroatoms. The molecule has 0 saturated carbocycles. The molecule has 1 N–H and O–H groups in total. The summed E-state index contributed by atoms with van der Waals surface area (Å²) >= 11 is 3.34. The molecule has 1 aromatic heterocycles. The summed E-state index contributed by atoms with van der Waals surface area (Å²) in [4.78, 5) is 34.5. The third kappa shape index (κ3) is 7.98. The fourth-order valence-electron chi connectivity index (χ4n) is 3.60. The SMILES string of the molecule is CC(C)(C)OC(=O)C(CNC(=O)c1ccc(C(C)(C)C)cc1)Cc1ccc(-c2ncc(Br)cn2)cc1. The fraction of sp³-hybridized carbons (Fsp3) is 0.379. The second-order valence-corrected chi connectivity index (χ2v) is 11.8. The van der Waals surface area contributed by atoms with Gasteiger partial charge in [0.25, 0.3) is 5.91 Å². The van der Waals surface area contributed by atoms with Crippen LogP contribution in [0.4, 0.5) is 0 Å². The number of hydrogen-bond acceptors (Lipinski definition) is 5. The van der Waals surface area contributed by atoms with Crippen molar-refractivity contribution in [2.45, 2.75) is 59.0 Å². The topological polar surface area (TPSA) is 81.2 Å². The summed E-state index contributed by atoms with van der Waals surface area (Å²) in [7, 11) is 0. The standard InChI is InChI=1S/C29H34BrN3O3/c1-28(2,3)23-13-11-21(12-14-23)26(34)33-16-22(27(35)36-29(4,5)6)15-19-7-9-20(10-8-19)25-31-17-24(30)18-32-25/h7-14,17-18,22H,15-16H2,1-6H3,(H,33,34). The number of carbonyl (C=O) groups is 2. The molecule has 1 amide bonds. The highest BCUT2D eigenvalue weighted by Crippen LogP contribution is 2.23. The summed E-state index contributed by atoms with van der Waals surface area (Å²) in [5.74, 6) is -0.465. The van der Waals surface area contributed by atoms with Crippen LogP contribution in [0.3, 0.4) is 0 Å². The second kappa shape index (κ2) is 11.3. The predicted molar refractivity (Wildman–Crippen MR) is 146 cm³/mol. The van der Waals surface area contributed by atoms with Crippen molar-refractivity contribution >= 4 is 27.8 Å². The van der Waals surface area contributed by atoms with Gasteiger partial charge in [0.15, 0.2) is 5.82 Å². The van der Waals surface area contributed by atoms with Gasteiger partial charge in [-0.25, -0.2) is 9.97 Å². The first-order chi connectivity index (χ1) is 16.8. The molecule has 0 fully saturated rings. The van der Waals surface area contributed by atoms with Gasteiger partial charge in [-0.2, -0.15) is 0 Å². The minimum atomic E-state index is -0.620. The third-order valence-electron chi connectivity index (χ3n) is 5.58. The minimum Gasteiger partial charge on any atom is -0.460 e. The number of amides is 1. The Bertz CT molecular complexity index is 1180. The van der Waals surface area contributed by atoms with Crippen molar-refractivity contribution in [2.75, 3.05) is 6.54 Å². The van der Waals surface area contributed by atoms with E-state index in [-0.39, 0.29) is 23.8 Å². The lowest BCUT2D eigenvalue weighted by atomic mass is 9.86. The van der Waals surface area contributed by atoms with E-state index in [1.54, 1.807) is 12.4 Å². The van der Waals surface area contributed by atoms with Crippen molar-refractivity contribution in [1.82, 2.24) is 15.3 Å². The van der Waals surface area contributed by atoms with E-state index in [4.69, 9.17) is 4.74 Å². The van der Waals surface area contributed by atoms with E-state index in [0.29, 0.717) is 17.8 Å². The number of hydrogen-bond donors (Lipinski definition) is 1. The van der Waals surface area contributed by atoms with Crippen molar-refractivity contribution in [2.24, 2.45) is 5.92 Å². The van der Waals surface area contributed by atoms with Crippen LogP contribution in [-0.4, -0.2) is 34.0 Å². The van der Waals surface area contributed by atoms with Gasteiger partial charge in [0.1, 0.15) is 5.60 Å². The zero-order chi connectivity index (χ0) is 26.5. The first-order valence-electron chi connectivity index (χ1n) is 12.0. The number of ether oxygens (including phenoxy) is 1. The molecule has 3 aromatic rings. The maximum absolute atomic E-state index is 13.0. The number of benzene rings is 2. The number of halogens is 1. The number of nitrogens with zero attached hydrogens (tertiary/aromatic N) is 2. The lowest BCUT2D eigenvalue weighted by molar-refractivity contribution is -0.159. The first-order valence-corrected chi connectivity index (χ1v) is 12.8. The summed E-state index contributed by atoms with van der Waals surface area (Å²) in [5, 5.41) is 2.92. The first kappa shape index (κ1) is 27.5. The van der Waals surface area contributed by atoms with Crippen LogP contribution < -0.4 is 5.32 Å². The normalized spacial score (nSPS) is 12.6. The van der Waals surface area contributed by atoms with Crippen molar-refractivity contribution < 1.29 is 14.3 Å². The molecule has 0 aliphatic heterocycles. The van der Waals surface area contributed by atoms with Crippen molar-refractivity contribution in [1.29, 1.82) is 0 Å². The van der Waals surface area contributed by atoms with Crippen molar-refractivity contribution in [3.63, 3.8) is 0 Å². The largest absolute Gasteiger partial charge is 0.460 e. The van der Waals surface area contributed by atoms with Gasteiger partial charge >= 0.3 is 5.97 Å². The summed E-state index contributed by atoms with van der Waals surface area (Å²) in [6.07, 6.45) is 3.84. The molecule has 0 radical (unpaired) electrons. The third-order valence-corrected chi connectivity index (χ3v) is 5.99. The molecule has 36 heavy (non-hydrogen) atoms. The van der Waals surface area contributed by atoms with Gasteiger partial charge < -0.3 is 10.1 Å². The number of nitrogens with one attached hydrogen (secondary N) is 1. The monoisotopic (exact) mass is 551 g/mol. The zero-order valence-corrected chi connectivity index (χ0v) is 23.3. The molecule has 0 bridgehead atoms. The highest BCUT2D eigenvalue weighted by Gasteiger charge is 2.26. The summed E-state index contributed by atoms with van der Waals surface area (Å²) < 4.78 is 6.47. The molecule has 6 nitrogen and oxygen atoms in total. The molecule has 2 aromatic carbocycles. The maximum atomic E-state index is 13.0. The van der Waals surface area contributed by atoms with Crippen LogP contribution >= 0.6 is 15.9 Å². The van der Waals surface area contributed by atoms with E-state index in [2.05, 4.69) is 52.0 Å². The predicted octanol–water partition coefficient (Wildman–Crippen LogP) is 6.13. The molecule has 0 aliphatic carbocycles. The highest BCUT2D eigenvalue weighted by molar-refractivity contribution is 9.10. The van der Waals surface area contributed by atoms with Gasteiger partial charge in [-0.3, -0.25) is 9.59 Å². The molecular weight excluding hydrogens is 518 g/mol. The van der Waals surface area contributed by atoms with Crippen LogP contribution in [0, 0.1) is 5.92 Å². The van der Waals surface area contributed by atoms with E-state index in [1.165, 1.54) is 0 Å². The van der Waals surface area contributed by atoms with E-state index in [9.17, 15) is 9.59 Å². The van der Waals surface area contributed by atoms with Crippen LogP contribution in [0.2, 0.25) is 0 Å². The summed E-state index contributed by atoms with van der Waals surface area (Å²) in [5.41, 5.74) is 2.94. The van der Waals surface area contributed by atoms with Gasteiger partial charge in [-0.05, 0) is 71.8 Å².